The molecule has 1 aliphatic rings. The number of aryl methyl sites for hydroxylation is 1. The van der Waals surface area contributed by atoms with Crippen LogP contribution in [0.4, 0.5) is 0 Å². The first-order valence-electron chi connectivity index (χ1n) is 7.68. The standard InChI is InChI=1S/C16H23NO4S/c1-12-8-10-15(11-9-12)22(19,20)17-13(2)16(18)21-14-6-4-3-5-7-14/h8-11,13-14,17H,3-7H2,1-2H3/t13-/m0/s1. The van der Waals surface area contributed by atoms with Gasteiger partial charge in [-0.25, -0.2) is 8.42 Å². The zero-order chi connectivity index (χ0) is 16.2. The molecule has 1 fully saturated rings. The summed E-state index contributed by atoms with van der Waals surface area (Å²) < 4.78 is 32.2. The van der Waals surface area contributed by atoms with E-state index in [0.29, 0.717) is 0 Å². The van der Waals surface area contributed by atoms with Gasteiger partial charge >= 0.3 is 5.97 Å². The molecule has 22 heavy (non-hydrogen) atoms. The van der Waals surface area contributed by atoms with Gasteiger partial charge in [0.15, 0.2) is 0 Å². The number of nitrogens with one attached hydrogen (secondary N) is 1. The van der Waals surface area contributed by atoms with E-state index < -0.39 is 22.0 Å². The third-order valence-electron chi connectivity index (χ3n) is 3.85. The summed E-state index contributed by atoms with van der Waals surface area (Å²) in [5, 5.41) is 0. The Morgan fingerprint density at radius 1 is 1.18 bits per heavy atom. The molecule has 0 spiro atoms. The fourth-order valence-electron chi connectivity index (χ4n) is 2.52. The van der Waals surface area contributed by atoms with Crippen molar-refractivity contribution in [1.29, 1.82) is 0 Å². The summed E-state index contributed by atoms with van der Waals surface area (Å²) in [7, 11) is -3.71. The van der Waals surface area contributed by atoms with Crippen molar-refractivity contribution < 1.29 is 17.9 Å². The largest absolute Gasteiger partial charge is 0.461 e. The van der Waals surface area contributed by atoms with Crippen LogP contribution in [0, 0.1) is 6.92 Å². The second-order valence-electron chi connectivity index (χ2n) is 5.85. The number of sulfonamides is 1. The minimum absolute atomic E-state index is 0.0763. The van der Waals surface area contributed by atoms with Gasteiger partial charge in [0, 0.05) is 0 Å². The third-order valence-corrected chi connectivity index (χ3v) is 5.41. The maximum Gasteiger partial charge on any atom is 0.324 e. The molecule has 0 heterocycles. The van der Waals surface area contributed by atoms with Crippen LogP contribution in [0.5, 0.6) is 0 Å². The quantitative estimate of drug-likeness (QED) is 0.844. The van der Waals surface area contributed by atoms with E-state index in [9.17, 15) is 13.2 Å². The molecule has 122 valence electrons. The molecule has 0 bridgehead atoms. The Bertz CT molecular complexity index is 604. The highest BCUT2D eigenvalue weighted by atomic mass is 32.2. The lowest BCUT2D eigenvalue weighted by Crippen LogP contribution is -2.41. The second kappa shape index (κ2) is 7.24. The summed E-state index contributed by atoms with van der Waals surface area (Å²) in [4.78, 5) is 12.2. The first-order chi connectivity index (χ1) is 10.4. The zero-order valence-corrected chi connectivity index (χ0v) is 13.9. The summed E-state index contributed by atoms with van der Waals surface area (Å²) in [5.41, 5.74) is 0.976. The van der Waals surface area contributed by atoms with Crippen LogP contribution in [-0.4, -0.2) is 26.5 Å². The van der Waals surface area contributed by atoms with Crippen molar-refractivity contribution in [3.8, 4) is 0 Å². The zero-order valence-electron chi connectivity index (χ0n) is 13.0. The molecule has 1 N–H and O–H groups in total. The summed E-state index contributed by atoms with van der Waals surface area (Å²) in [5.74, 6) is -0.511. The van der Waals surface area contributed by atoms with Crippen molar-refractivity contribution in [1.82, 2.24) is 4.72 Å². The number of carbonyl (C=O) groups is 1. The normalized spacial score (nSPS) is 17.9. The van der Waals surface area contributed by atoms with Crippen LogP contribution >= 0.6 is 0 Å². The average Bonchev–Trinajstić information content (AvgIpc) is 2.48. The molecular formula is C16H23NO4S. The summed E-state index contributed by atoms with van der Waals surface area (Å²) in [6.45, 7) is 3.39. The number of ether oxygens (including phenoxy) is 1. The molecule has 6 heteroatoms. The highest BCUT2D eigenvalue weighted by molar-refractivity contribution is 7.89. The first kappa shape index (κ1) is 17.0. The lowest BCUT2D eigenvalue weighted by molar-refractivity contribution is -0.152. The maximum atomic E-state index is 12.2. The summed E-state index contributed by atoms with van der Waals surface area (Å²) >= 11 is 0. The number of hydrogen-bond acceptors (Lipinski definition) is 4. The fraction of sp³-hybridized carbons (Fsp3) is 0.562. The van der Waals surface area contributed by atoms with E-state index in [1.54, 1.807) is 12.1 Å². The van der Waals surface area contributed by atoms with E-state index in [-0.39, 0.29) is 11.0 Å². The van der Waals surface area contributed by atoms with Gasteiger partial charge in [0.2, 0.25) is 10.0 Å². The van der Waals surface area contributed by atoms with Crippen LogP contribution in [0.3, 0.4) is 0 Å². The van der Waals surface area contributed by atoms with Crippen molar-refractivity contribution in [3.63, 3.8) is 0 Å². The Kier molecular flexibility index (Phi) is 5.58. The Morgan fingerprint density at radius 3 is 2.36 bits per heavy atom. The highest BCUT2D eigenvalue weighted by Crippen LogP contribution is 2.21. The lowest BCUT2D eigenvalue weighted by Gasteiger charge is -2.23. The molecular weight excluding hydrogens is 302 g/mol. The topological polar surface area (TPSA) is 72.5 Å². The smallest absolute Gasteiger partial charge is 0.324 e. The van der Waals surface area contributed by atoms with E-state index in [4.69, 9.17) is 4.74 Å². The minimum Gasteiger partial charge on any atom is -0.461 e. The van der Waals surface area contributed by atoms with Gasteiger partial charge in [-0.15, -0.1) is 0 Å². The number of hydrogen-bond donors (Lipinski definition) is 1. The van der Waals surface area contributed by atoms with Crippen LogP contribution in [0.25, 0.3) is 0 Å². The first-order valence-corrected chi connectivity index (χ1v) is 9.16. The van der Waals surface area contributed by atoms with Crippen molar-refractivity contribution >= 4 is 16.0 Å². The molecule has 1 atom stereocenters. The predicted octanol–water partition coefficient (Wildman–Crippen LogP) is 2.54. The van der Waals surface area contributed by atoms with E-state index in [2.05, 4.69) is 4.72 Å². The van der Waals surface area contributed by atoms with Gasteiger partial charge < -0.3 is 4.74 Å². The van der Waals surface area contributed by atoms with E-state index in [1.165, 1.54) is 25.5 Å². The van der Waals surface area contributed by atoms with Gasteiger partial charge in [-0.2, -0.15) is 4.72 Å². The van der Waals surface area contributed by atoms with E-state index in [1.807, 2.05) is 6.92 Å². The predicted molar refractivity (Wildman–Crippen MR) is 83.9 cm³/mol. The molecule has 0 unspecified atom stereocenters. The van der Waals surface area contributed by atoms with Crippen LogP contribution < -0.4 is 4.72 Å². The van der Waals surface area contributed by atoms with Crippen LogP contribution in [0.1, 0.15) is 44.6 Å². The molecule has 1 aliphatic carbocycles. The van der Waals surface area contributed by atoms with Gasteiger partial charge in [0.05, 0.1) is 4.90 Å². The number of rotatable bonds is 5. The number of carbonyl (C=O) groups excluding carboxylic acids is 1. The van der Waals surface area contributed by atoms with Gasteiger partial charge in [-0.3, -0.25) is 4.79 Å². The minimum atomic E-state index is -3.71. The van der Waals surface area contributed by atoms with Crippen molar-refractivity contribution in [2.45, 2.75) is 63.0 Å². The molecule has 1 aromatic rings. The van der Waals surface area contributed by atoms with Crippen LogP contribution in [0.2, 0.25) is 0 Å². The molecule has 0 amide bonds. The SMILES string of the molecule is Cc1ccc(S(=O)(=O)N[C@@H](C)C(=O)OC2CCCCC2)cc1. The lowest BCUT2D eigenvalue weighted by atomic mass is 9.98. The molecule has 0 radical (unpaired) electrons. The van der Waals surface area contributed by atoms with Gasteiger partial charge in [0.25, 0.3) is 0 Å². The molecule has 1 aromatic carbocycles. The summed E-state index contributed by atoms with van der Waals surface area (Å²) in [6.07, 6.45) is 4.94. The number of esters is 1. The number of benzene rings is 1. The van der Waals surface area contributed by atoms with Gasteiger partial charge in [0.1, 0.15) is 12.1 Å². The third kappa shape index (κ3) is 4.55. The molecule has 5 nitrogen and oxygen atoms in total. The van der Waals surface area contributed by atoms with Crippen molar-refractivity contribution in [3.05, 3.63) is 29.8 Å². The van der Waals surface area contributed by atoms with Crippen LogP contribution in [-0.2, 0) is 19.6 Å². The Hall–Kier alpha value is -1.40. The summed E-state index contributed by atoms with van der Waals surface area (Å²) in [6, 6.07) is 5.60. The maximum absolute atomic E-state index is 12.2. The highest BCUT2D eigenvalue weighted by Gasteiger charge is 2.26. The monoisotopic (exact) mass is 325 g/mol. The van der Waals surface area contributed by atoms with Gasteiger partial charge in [-0.05, 0) is 51.7 Å². The fourth-order valence-corrected chi connectivity index (χ4v) is 3.71. The van der Waals surface area contributed by atoms with Crippen molar-refractivity contribution in [2.24, 2.45) is 0 Å². The van der Waals surface area contributed by atoms with Crippen LogP contribution in [0.15, 0.2) is 29.2 Å². The molecule has 1 saturated carbocycles. The second-order valence-corrected chi connectivity index (χ2v) is 7.57. The Labute approximate surface area is 132 Å². The Balaban J connectivity index is 1.95. The Morgan fingerprint density at radius 2 is 1.77 bits per heavy atom. The molecule has 0 aromatic heterocycles. The average molecular weight is 325 g/mol. The van der Waals surface area contributed by atoms with Crippen molar-refractivity contribution in [2.75, 3.05) is 0 Å². The van der Waals surface area contributed by atoms with E-state index in [0.717, 1.165) is 31.2 Å². The van der Waals surface area contributed by atoms with Gasteiger partial charge in [-0.1, -0.05) is 24.1 Å². The molecule has 2 rings (SSSR count). The molecule has 0 aliphatic heterocycles. The molecule has 0 saturated heterocycles. The van der Waals surface area contributed by atoms with E-state index >= 15 is 0 Å².